The molecule has 1 heterocycles. The van der Waals surface area contributed by atoms with Crippen LogP contribution in [-0.2, 0) is 14.6 Å². The van der Waals surface area contributed by atoms with Crippen LogP contribution in [-0.4, -0.2) is 48.5 Å². The molecule has 1 rings (SSSR count). The van der Waals surface area contributed by atoms with Gasteiger partial charge in [0, 0.05) is 13.1 Å². The van der Waals surface area contributed by atoms with Crippen LogP contribution < -0.4 is 0 Å². The molecule has 6 nitrogen and oxygen atoms in total. The van der Waals surface area contributed by atoms with Gasteiger partial charge in [0.05, 0.1) is 12.2 Å². The highest BCUT2D eigenvalue weighted by atomic mass is 32.2. The monoisotopic (exact) mass is 221 g/mol. The number of hydrogen-bond donors (Lipinski definition) is 1. The molecule has 0 aromatic rings. The second-order valence-corrected chi connectivity index (χ2v) is 5.06. The Morgan fingerprint density at radius 2 is 2.14 bits per heavy atom. The maximum absolute atomic E-state index is 11.2. The van der Waals surface area contributed by atoms with Gasteiger partial charge in [-0.25, -0.2) is 8.42 Å². The van der Waals surface area contributed by atoms with E-state index in [9.17, 15) is 18.0 Å². The van der Waals surface area contributed by atoms with Crippen LogP contribution in [0.5, 0.6) is 0 Å². The Hall–Kier alpha value is -1.11. The van der Waals surface area contributed by atoms with Crippen molar-refractivity contribution < 1.29 is 23.1 Å². The number of aliphatic carboxylic acids is 1. The maximum Gasteiger partial charge on any atom is 0.338 e. The quantitative estimate of drug-likeness (QED) is 0.706. The van der Waals surface area contributed by atoms with Crippen molar-refractivity contribution in [3.8, 4) is 0 Å². The summed E-state index contributed by atoms with van der Waals surface area (Å²) in [7, 11) is -3.66. The smallest absolute Gasteiger partial charge is 0.338 e. The van der Waals surface area contributed by atoms with Crippen molar-refractivity contribution >= 4 is 21.0 Å². The molecule has 0 unspecified atom stereocenters. The van der Waals surface area contributed by atoms with Gasteiger partial charge < -0.3 is 10.0 Å². The molecule has 0 aliphatic carbocycles. The number of carboxylic acids is 1. The molecule has 0 spiro atoms. The summed E-state index contributed by atoms with van der Waals surface area (Å²) in [5.74, 6) is -1.17. The fourth-order valence-electron chi connectivity index (χ4n) is 1.25. The molecule has 0 radical (unpaired) electrons. The second-order valence-electron chi connectivity index (χ2n) is 3.07. The van der Waals surface area contributed by atoms with Crippen molar-refractivity contribution in [1.29, 1.82) is 0 Å². The van der Waals surface area contributed by atoms with Gasteiger partial charge in [-0.05, 0) is 6.42 Å². The predicted molar refractivity (Wildman–Crippen MR) is 47.6 cm³/mol. The standard InChI is InChI=1S/C7H11NO5S/c9-6(10)2-4-8-3-1-5-14(12,13)7(8)11/h1-5H2,(H,9,10). The number of amides is 1. The number of rotatable bonds is 3. The van der Waals surface area contributed by atoms with Crippen molar-refractivity contribution in [2.24, 2.45) is 0 Å². The highest BCUT2D eigenvalue weighted by molar-refractivity contribution is 8.06. The number of carbonyl (C=O) groups excluding carboxylic acids is 1. The van der Waals surface area contributed by atoms with E-state index >= 15 is 0 Å². The van der Waals surface area contributed by atoms with Crippen LogP contribution in [0.25, 0.3) is 0 Å². The summed E-state index contributed by atoms with van der Waals surface area (Å²) in [6.45, 7) is 0.290. The zero-order chi connectivity index (χ0) is 10.8. The summed E-state index contributed by atoms with van der Waals surface area (Å²) in [6, 6.07) is 0. The van der Waals surface area contributed by atoms with Crippen molar-refractivity contribution in [3.05, 3.63) is 0 Å². The van der Waals surface area contributed by atoms with Crippen molar-refractivity contribution in [1.82, 2.24) is 4.90 Å². The Morgan fingerprint density at radius 3 is 2.71 bits per heavy atom. The van der Waals surface area contributed by atoms with E-state index in [1.54, 1.807) is 0 Å². The average molecular weight is 221 g/mol. The van der Waals surface area contributed by atoms with Gasteiger partial charge in [0.15, 0.2) is 0 Å². The van der Waals surface area contributed by atoms with E-state index in [2.05, 4.69) is 0 Å². The lowest BCUT2D eigenvalue weighted by atomic mass is 10.3. The van der Waals surface area contributed by atoms with Gasteiger partial charge in [0.1, 0.15) is 0 Å². The van der Waals surface area contributed by atoms with Crippen LogP contribution in [0.4, 0.5) is 4.79 Å². The molecule has 0 saturated carbocycles. The Bertz CT molecular complexity index is 347. The molecule has 1 aliphatic rings. The van der Waals surface area contributed by atoms with E-state index in [0.717, 1.165) is 4.90 Å². The molecule has 1 aliphatic heterocycles. The van der Waals surface area contributed by atoms with Gasteiger partial charge in [-0.1, -0.05) is 0 Å². The van der Waals surface area contributed by atoms with Crippen LogP contribution in [0.2, 0.25) is 0 Å². The molecule has 1 fully saturated rings. The second kappa shape index (κ2) is 3.95. The van der Waals surface area contributed by atoms with Gasteiger partial charge in [0.25, 0.3) is 0 Å². The molecule has 1 saturated heterocycles. The van der Waals surface area contributed by atoms with Crippen molar-refractivity contribution in [3.63, 3.8) is 0 Å². The molecule has 0 bridgehead atoms. The van der Waals surface area contributed by atoms with E-state index in [-0.39, 0.29) is 18.7 Å². The summed E-state index contributed by atoms with van der Waals surface area (Å²) < 4.78 is 22.2. The molecule has 0 atom stereocenters. The molecular weight excluding hydrogens is 210 g/mol. The third kappa shape index (κ3) is 2.44. The minimum atomic E-state index is -3.66. The first-order valence-corrected chi connectivity index (χ1v) is 5.82. The van der Waals surface area contributed by atoms with Crippen LogP contribution in [0.15, 0.2) is 0 Å². The van der Waals surface area contributed by atoms with Crippen LogP contribution in [0, 0.1) is 0 Å². The lowest BCUT2D eigenvalue weighted by molar-refractivity contribution is -0.137. The summed E-state index contributed by atoms with van der Waals surface area (Å²) in [6.07, 6.45) is 0.162. The molecular formula is C7H11NO5S. The topological polar surface area (TPSA) is 91.8 Å². The Labute approximate surface area is 81.4 Å². The molecule has 7 heteroatoms. The number of hydrogen-bond acceptors (Lipinski definition) is 4. The Kier molecular flexibility index (Phi) is 3.10. The summed E-state index contributed by atoms with van der Waals surface area (Å²) in [4.78, 5) is 22.5. The van der Waals surface area contributed by atoms with E-state index < -0.39 is 21.0 Å². The van der Waals surface area contributed by atoms with Crippen LogP contribution in [0.1, 0.15) is 12.8 Å². The van der Waals surface area contributed by atoms with Crippen molar-refractivity contribution in [2.75, 3.05) is 18.8 Å². The minimum Gasteiger partial charge on any atom is -0.481 e. The highest BCUT2D eigenvalue weighted by Crippen LogP contribution is 2.11. The average Bonchev–Trinajstić information content (AvgIpc) is 2.07. The van der Waals surface area contributed by atoms with Crippen molar-refractivity contribution in [2.45, 2.75) is 12.8 Å². The first-order chi connectivity index (χ1) is 6.43. The minimum absolute atomic E-state index is 0.0343. The van der Waals surface area contributed by atoms with E-state index in [0.29, 0.717) is 13.0 Å². The maximum atomic E-state index is 11.2. The largest absolute Gasteiger partial charge is 0.481 e. The fourth-order valence-corrected chi connectivity index (χ4v) is 2.51. The van der Waals surface area contributed by atoms with E-state index in [1.807, 2.05) is 0 Å². The zero-order valence-electron chi connectivity index (χ0n) is 7.47. The van der Waals surface area contributed by atoms with E-state index in [1.165, 1.54) is 0 Å². The van der Waals surface area contributed by atoms with Crippen LogP contribution >= 0.6 is 0 Å². The van der Waals surface area contributed by atoms with Gasteiger partial charge in [-0.15, -0.1) is 0 Å². The normalized spacial score (nSPS) is 20.9. The number of carbonyl (C=O) groups is 2. The third-order valence-electron chi connectivity index (χ3n) is 1.96. The summed E-state index contributed by atoms with van der Waals surface area (Å²) in [5, 5.41) is 7.43. The zero-order valence-corrected chi connectivity index (χ0v) is 8.29. The third-order valence-corrected chi connectivity index (χ3v) is 3.58. The SMILES string of the molecule is O=C(O)CCN1CCCS(=O)(=O)C1=O. The Morgan fingerprint density at radius 1 is 1.50 bits per heavy atom. The fraction of sp³-hybridized carbons (Fsp3) is 0.714. The number of nitrogens with zero attached hydrogens (tertiary/aromatic N) is 1. The van der Waals surface area contributed by atoms with Gasteiger partial charge in [0.2, 0.25) is 9.84 Å². The lowest BCUT2D eigenvalue weighted by Gasteiger charge is -2.25. The molecule has 0 aromatic carbocycles. The van der Waals surface area contributed by atoms with Gasteiger partial charge in [-0.3, -0.25) is 9.59 Å². The highest BCUT2D eigenvalue weighted by Gasteiger charge is 2.32. The van der Waals surface area contributed by atoms with Gasteiger partial charge in [-0.2, -0.15) is 0 Å². The molecule has 1 N–H and O–H groups in total. The molecule has 1 amide bonds. The number of carboxylic acid groups (broad SMARTS) is 1. The number of sulfone groups is 1. The predicted octanol–water partition coefficient (Wildman–Crippen LogP) is -0.298. The molecule has 80 valence electrons. The molecule has 14 heavy (non-hydrogen) atoms. The summed E-state index contributed by atoms with van der Waals surface area (Å²) in [5.41, 5.74) is 0. The first-order valence-electron chi connectivity index (χ1n) is 4.17. The summed E-state index contributed by atoms with van der Waals surface area (Å²) >= 11 is 0. The Balaban J connectivity index is 2.62. The van der Waals surface area contributed by atoms with E-state index in [4.69, 9.17) is 5.11 Å². The molecule has 0 aromatic heterocycles. The van der Waals surface area contributed by atoms with Crippen LogP contribution in [0.3, 0.4) is 0 Å². The lowest BCUT2D eigenvalue weighted by Crippen LogP contribution is -2.43. The first kappa shape index (κ1) is 11.0. The van der Waals surface area contributed by atoms with Gasteiger partial charge >= 0.3 is 11.2 Å².